The fourth-order valence-electron chi connectivity index (χ4n) is 2.84. The minimum absolute atomic E-state index is 0.109. The number of benzene rings is 3. The molecule has 4 heteroatoms. The van der Waals surface area contributed by atoms with Gasteiger partial charge >= 0.3 is 0 Å². The molecular formula is C21H13FO3. The summed E-state index contributed by atoms with van der Waals surface area (Å²) >= 11 is 0. The maximum atomic E-state index is 13.3. The normalized spacial score (nSPS) is 10.9. The van der Waals surface area contributed by atoms with Crippen molar-refractivity contribution < 1.29 is 13.9 Å². The molecule has 0 radical (unpaired) electrons. The van der Waals surface area contributed by atoms with Gasteiger partial charge in [0.2, 0.25) is 5.43 Å². The molecule has 1 aromatic heterocycles. The van der Waals surface area contributed by atoms with Crippen molar-refractivity contribution in [2.75, 3.05) is 0 Å². The van der Waals surface area contributed by atoms with Gasteiger partial charge in [0.1, 0.15) is 22.9 Å². The lowest BCUT2D eigenvalue weighted by atomic mass is 9.98. The van der Waals surface area contributed by atoms with Crippen LogP contribution in [0.25, 0.3) is 33.4 Å². The van der Waals surface area contributed by atoms with Gasteiger partial charge < -0.3 is 9.52 Å². The van der Waals surface area contributed by atoms with E-state index in [4.69, 9.17) is 4.42 Å². The van der Waals surface area contributed by atoms with E-state index in [1.807, 2.05) is 0 Å². The fourth-order valence-corrected chi connectivity index (χ4v) is 2.84. The van der Waals surface area contributed by atoms with Crippen molar-refractivity contribution in [1.82, 2.24) is 0 Å². The monoisotopic (exact) mass is 332 g/mol. The molecular weight excluding hydrogens is 319 g/mol. The summed E-state index contributed by atoms with van der Waals surface area (Å²) in [4.78, 5) is 13.1. The van der Waals surface area contributed by atoms with Crippen LogP contribution in [-0.4, -0.2) is 5.11 Å². The van der Waals surface area contributed by atoms with Gasteiger partial charge in [-0.25, -0.2) is 4.39 Å². The van der Waals surface area contributed by atoms with Crippen molar-refractivity contribution in [1.29, 1.82) is 0 Å². The predicted molar refractivity (Wildman–Crippen MR) is 95.0 cm³/mol. The van der Waals surface area contributed by atoms with E-state index in [-0.39, 0.29) is 17.0 Å². The van der Waals surface area contributed by atoms with Crippen LogP contribution in [0.3, 0.4) is 0 Å². The third-order valence-electron chi connectivity index (χ3n) is 4.06. The van der Waals surface area contributed by atoms with Crippen LogP contribution in [0.15, 0.2) is 82.0 Å². The molecule has 1 heterocycles. The summed E-state index contributed by atoms with van der Waals surface area (Å²) in [7, 11) is 0. The highest BCUT2D eigenvalue weighted by molar-refractivity contribution is 5.89. The van der Waals surface area contributed by atoms with Crippen LogP contribution in [0, 0.1) is 5.82 Å². The Labute approximate surface area is 142 Å². The van der Waals surface area contributed by atoms with Gasteiger partial charge in [0, 0.05) is 5.56 Å². The average molecular weight is 332 g/mol. The van der Waals surface area contributed by atoms with Crippen molar-refractivity contribution >= 4 is 11.0 Å². The molecule has 122 valence electrons. The maximum Gasteiger partial charge on any atom is 0.201 e. The van der Waals surface area contributed by atoms with Gasteiger partial charge in [-0.2, -0.15) is 0 Å². The van der Waals surface area contributed by atoms with E-state index in [1.165, 1.54) is 24.3 Å². The van der Waals surface area contributed by atoms with Gasteiger partial charge in [0.25, 0.3) is 0 Å². The summed E-state index contributed by atoms with van der Waals surface area (Å²) in [5.74, 6) is 0.115. The molecule has 3 aromatic carbocycles. The number of aromatic hydroxyl groups is 1. The number of phenols is 1. The molecule has 25 heavy (non-hydrogen) atoms. The number of phenolic OH excluding ortho intramolecular Hbond substituents is 1. The first-order chi connectivity index (χ1) is 12.1. The fraction of sp³-hybridized carbons (Fsp3) is 0. The molecule has 0 atom stereocenters. The lowest BCUT2D eigenvalue weighted by molar-refractivity contribution is 0.475. The van der Waals surface area contributed by atoms with E-state index < -0.39 is 0 Å². The summed E-state index contributed by atoms with van der Waals surface area (Å²) in [5, 5.41) is 9.99. The number of para-hydroxylation sites is 1. The Morgan fingerprint density at radius 3 is 2.16 bits per heavy atom. The quantitative estimate of drug-likeness (QED) is 0.564. The van der Waals surface area contributed by atoms with Gasteiger partial charge in [-0.05, 0) is 54.1 Å². The third kappa shape index (κ3) is 2.68. The highest BCUT2D eigenvalue weighted by atomic mass is 19.1. The van der Waals surface area contributed by atoms with E-state index >= 15 is 0 Å². The number of fused-ring (bicyclic) bond motifs is 1. The van der Waals surface area contributed by atoms with Crippen LogP contribution in [0.5, 0.6) is 5.75 Å². The average Bonchev–Trinajstić information content (AvgIpc) is 2.63. The van der Waals surface area contributed by atoms with E-state index in [9.17, 15) is 14.3 Å². The molecule has 0 aliphatic rings. The molecule has 4 rings (SSSR count). The molecule has 0 saturated heterocycles. The first kappa shape index (κ1) is 15.1. The topological polar surface area (TPSA) is 50.4 Å². The van der Waals surface area contributed by atoms with Crippen molar-refractivity contribution in [3.63, 3.8) is 0 Å². The second-order valence-electron chi connectivity index (χ2n) is 5.69. The number of halogens is 1. The summed E-state index contributed by atoms with van der Waals surface area (Å²) in [6, 6.07) is 19.1. The molecule has 1 N–H and O–H groups in total. The molecule has 0 spiro atoms. The van der Waals surface area contributed by atoms with E-state index in [0.717, 1.165) is 0 Å². The van der Waals surface area contributed by atoms with Crippen LogP contribution in [0.2, 0.25) is 0 Å². The minimum Gasteiger partial charge on any atom is -0.508 e. The van der Waals surface area contributed by atoms with Crippen molar-refractivity contribution in [2.45, 2.75) is 0 Å². The summed E-state index contributed by atoms with van der Waals surface area (Å²) in [6.45, 7) is 0. The van der Waals surface area contributed by atoms with Crippen LogP contribution >= 0.6 is 0 Å². The largest absolute Gasteiger partial charge is 0.508 e. The van der Waals surface area contributed by atoms with Gasteiger partial charge in [-0.1, -0.05) is 24.3 Å². The Balaban J connectivity index is 2.09. The summed E-state index contributed by atoms with van der Waals surface area (Å²) in [5.41, 5.74) is 1.90. The van der Waals surface area contributed by atoms with Crippen LogP contribution in [0.4, 0.5) is 4.39 Å². The molecule has 0 aliphatic carbocycles. The molecule has 0 fully saturated rings. The number of hydrogen-bond acceptors (Lipinski definition) is 3. The smallest absolute Gasteiger partial charge is 0.201 e. The molecule has 0 saturated carbocycles. The molecule has 0 aliphatic heterocycles. The molecule has 3 nitrogen and oxygen atoms in total. The second-order valence-corrected chi connectivity index (χ2v) is 5.69. The Kier molecular flexibility index (Phi) is 3.58. The van der Waals surface area contributed by atoms with Crippen molar-refractivity contribution in [3.8, 4) is 28.2 Å². The number of rotatable bonds is 2. The Morgan fingerprint density at radius 1 is 0.800 bits per heavy atom. The zero-order valence-corrected chi connectivity index (χ0v) is 13.1. The van der Waals surface area contributed by atoms with Gasteiger partial charge in [0.05, 0.1) is 10.9 Å². The molecule has 0 unspecified atom stereocenters. The zero-order valence-electron chi connectivity index (χ0n) is 13.1. The maximum absolute atomic E-state index is 13.3. The van der Waals surface area contributed by atoms with Crippen LogP contribution in [0.1, 0.15) is 0 Å². The van der Waals surface area contributed by atoms with Gasteiger partial charge in [-0.15, -0.1) is 0 Å². The Morgan fingerprint density at radius 2 is 1.44 bits per heavy atom. The summed E-state index contributed by atoms with van der Waals surface area (Å²) < 4.78 is 19.3. The van der Waals surface area contributed by atoms with Crippen molar-refractivity contribution in [2.24, 2.45) is 0 Å². The highest BCUT2D eigenvalue weighted by Crippen LogP contribution is 2.33. The van der Waals surface area contributed by atoms with E-state index in [2.05, 4.69) is 0 Å². The molecule has 0 bridgehead atoms. The zero-order chi connectivity index (χ0) is 17.4. The Hall–Kier alpha value is -3.40. The first-order valence-electron chi connectivity index (χ1n) is 7.75. The first-order valence-corrected chi connectivity index (χ1v) is 7.75. The van der Waals surface area contributed by atoms with Crippen LogP contribution < -0.4 is 5.43 Å². The van der Waals surface area contributed by atoms with Gasteiger partial charge in [0.15, 0.2) is 0 Å². The highest BCUT2D eigenvalue weighted by Gasteiger charge is 2.17. The lowest BCUT2D eigenvalue weighted by Crippen LogP contribution is -2.07. The predicted octanol–water partition coefficient (Wildman–Crippen LogP) is 4.97. The Bertz CT molecular complexity index is 1110. The van der Waals surface area contributed by atoms with E-state index in [1.54, 1.807) is 48.5 Å². The second kappa shape index (κ2) is 5.91. The third-order valence-corrected chi connectivity index (χ3v) is 4.06. The molecule has 0 amide bonds. The lowest BCUT2D eigenvalue weighted by Gasteiger charge is -2.10. The molecule has 4 aromatic rings. The standard InChI is InChI=1S/C21H13FO3/c22-15-9-5-14(6-10-15)21-19(13-7-11-16(23)12-8-13)20(24)17-3-1-2-4-18(17)25-21/h1-12,23H. The van der Waals surface area contributed by atoms with Crippen molar-refractivity contribution in [3.05, 3.63) is 88.8 Å². The SMILES string of the molecule is O=c1c(-c2ccc(O)cc2)c(-c2ccc(F)cc2)oc2ccccc12. The van der Waals surface area contributed by atoms with E-state index in [0.29, 0.717) is 33.4 Å². The van der Waals surface area contributed by atoms with Crippen LogP contribution in [-0.2, 0) is 0 Å². The van der Waals surface area contributed by atoms with Gasteiger partial charge in [-0.3, -0.25) is 4.79 Å². The number of hydrogen-bond donors (Lipinski definition) is 1. The summed E-state index contributed by atoms with van der Waals surface area (Å²) in [6.07, 6.45) is 0. The minimum atomic E-state index is -0.363.